The summed E-state index contributed by atoms with van der Waals surface area (Å²) in [6, 6.07) is 7.77. The minimum absolute atomic E-state index is 0.0684. The Morgan fingerprint density at radius 2 is 1.93 bits per heavy atom. The van der Waals surface area contributed by atoms with Crippen molar-refractivity contribution in [3.8, 4) is 0 Å². The zero-order valence-electron chi connectivity index (χ0n) is 9.32. The Labute approximate surface area is 91.4 Å². The Bertz CT molecular complexity index is 426. The van der Waals surface area contributed by atoms with Crippen LogP contribution in [0.25, 0.3) is 0 Å². The summed E-state index contributed by atoms with van der Waals surface area (Å²) in [5.41, 5.74) is 2.12. The Kier molecular flexibility index (Phi) is 3.74. The number of anilines is 1. The number of benzene rings is 1. The fourth-order valence-corrected chi connectivity index (χ4v) is 2.49. The lowest BCUT2D eigenvalue weighted by Crippen LogP contribution is -2.25. The molecule has 4 heteroatoms. The second-order valence-electron chi connectivity index (χ2n) is 3.95. The fraction of sp³-hybridized carbons (Fsp3) is 0.455. The second-order valence-corrected chi connectivity index (χ2v) is 6.14. The molecular formula is C11H17NO2S. The molecule has 0 aliphatic heterocycles. The minimum atomic E-state index is -2.92. The van der Waals surface area contributed by atoms with Gasteiger partial charge in [-0.15, -0.1) is 0 Å². The van der Waals surface area contributed by atoms with Gasteiger partial charge in [0.05, 0.1) is 5.75 Å². The summed E-state index contributed by atoms with van der Waals surface area (Å²) in [4.78, 5) is 0. The van der Waals surface area contributed by atoms with Gasteiger partial charge < -0.3 is 5.32 Å². The number of aryl methyl sites for hydroxylation is 1. The molecule has 3 nitrogen and oxygen atoms in total. The maximum atomic E-state index is 11.1. The molecule has 0 bridgehead atoms. The van der Waals surface area contributed by atoms with Gasteiger partial charge in [-0.25, -0.2) is 8.42 Å². The Balaban J connectivity index is 2.67. The Hall–Kier alpha value is -1.03. The molecule has 0 heterocycles. The summed E-state index contributed by atoms with van der Waals surface area (Å²) in [5.74, 6) is 0.154. The standard InChI is InChI=1S/C11H17NO2S/c1-9-6-4-5-7-11(9)12-10(2)8-15(3,13)14/h4-7,10,12H,8H2,1-3H3. The van der Waals surface area contributed by atoms with Crippen molar-refractivity contribution in [1.29, 1.82) is 0 Å². The maximum Gasteiger partial charge on any atom is 0.149 e. The molecule has 84 valence electrons. The van der Waals surface area contributed by atoms with Gasteiger partial charge in [0.1, 0.15) is 9.84 Å². The lowest BCUT2D eigenvalue weighted by atomic mass is 10.2. The van der Waals surface area contributed by atoms with E-state index in [2.05, 4.69) is 5.32 Å². The van der Waals surface area contributed by atoms with Gasteiger partial charge in [-0.2, -0.15) is 0 Å². The van der Waals surface area contributed by atoms with Crippen molar-refractivity contribution in [3.63, 3.8) is 0 Å². The summed E-state index contributed by atoms with van der Waals surface area (Å²) < 4.78 is 22.2. The Morgan fingerprint density at radius 3 is 2.47 bits per heavy atom. The average Bonchev–Trinajstić information content (AvgIpc) is 2.05. The number of nitrogens with one attached hydrogen (secondary N) is 1. The van der Waals surface area contributed by atoms with Crippen LogP contribution in [-0.4, -0.2) is 26.5 Å². The van der Waals surface area contributed by atoms with Gasteiger partial charge >= 0.3 is 0 Å². The van der Waals surface area contributed by atoms with E-state index < -0.39 is 9.84 Å². The van der Waals surface area contributed by atoms with Crippen LogP contribution in [0.5, 0.6) is 0 Å². The van der Waals surface area contributed by atoms with Crippen molar-refractivity contribution >= 4 is 15.5 Å². The first-order valence-electron chi connectivity index (χ1n) is 4.88. The Morgan fingerprint density at radius 1 is 1.33 bits per heavy atom. The van der Waals surface area contributed by atoms with Crippen LogP contribution in [0.15, 0.2) is 24.3 Å². The SMILES string of the molecule is Cc1ccccc1NC(C)CS(C)(=O)=O. The van der Waals surface area contributed by atoms with Crippen molar-refractivity contribution in [3.05, 3.63) is 29.8 Å². The monoisotopic (exact) mass is 227 g/mol. The number of hydrogen-bond donors (Lipinski definition) is 1. The summed E-state index contributed by atoms with van der Waals surface area (Å²) in [6.07, 6.45) is 1.25. The van der Waals surface area contributed by atoms with Crippen LogP contribution in [0.2, 0.25) is 0 Å². The lowest BCUT2D eigenvalue weighted by Gasteiger charge is -2.15. The zero-order chi connectivity index (χ0) is 11.5. The largest absolute Gasteiger partial charge is 0.381 e. The van der Waals surface area contributed by atoms with Gasteiger partial charge in [0.15, 0.2) is 0 Å². The van der Waals surface area contributed by atoms with E-state index >= 15 is 0 Å². The van der Waals surface area contributed by atoms with Crippen LogP contribution in [0.4, 0.5) is 5.69 Å². The summed E-state index contributed by atoms with van der Waals surface area (Å²) in [5, 5.41) is 3.19. The van der Waals surface area contributed by atoms with E-state index in [-0.39, 0.29) is 11.8 Å². The topological polar surface area (TPSA) is 46.2 Å². The first-order chi connectivity index (χ1) is 6.88. The molecule has 15 heavy (non-hydrogen) atoms. The van der Waals surface area contributed by atoms with Crippen LogP contribution in [0.3, 0.4) is 0 Å². The third kappa shape index (κ3) is 4.34. The first kappa shape index (κ1) is 12.0. The third-order valence-electron chi connectivity index (χ3n) is 2.10. The van der Waals surface area contributed by atoms with Gasteiger partial charge in [0, 0.05) is 18.0 Å². The zero-order valence-corrected chi connectivity index (χ0v) is 10.1. The minimum Gasteiger partial charge on any atom is -0.381 e. The van der Waals surface area contributed by atoms with Gasteiger partial charge in [-0.05, 0) is 25.5 Å². The average molecular weight is 227 g/mol. The van der Waals surface area contributed by atoms with Crippen LogP contribution in [-0.2, 0) is 9.84 Å². The molecule has 0 radical (unpaired) electrons. The molecule has 1 aromatic rings. The van der Waals surface area contributed by atoms with E-state index in [1.54, 1.807) is 0 Å². The van der Waals surface area contributed by atoms with E-state index in [0.717, 1.165) is 11.3 Å². The smallest absolute Gasteiger partial charge is 0.149 e. The number of hydrogen-bond acceptors (Lipinski definition) is 3. The molecule has 1 rings (SSSR count). The molecule has 0 saturated carbocycles. The van der Waals surface area contributed by atoms with Crippen molar-refractivity contribution in [1.82, 2.24) is 0 Å². The normalized spacial score (nSPS) is 13.5. The van der Waals surface area contributed by atoms with Crippen molar-refractivity contribution in [2.24, 2.45) is 0 Å². The second kappa shape index (κ2) is 4.66. The van der Waals surface area contributed by atoms with Gasteiger partial charge in [0.2, 0.25) is 0 Å². The molecule has 1 N–H and O–H groups in total. The van der Waals surface area contributed by atoms with E-state index in [1.807, 2.05) is 38.1 Å². The summed E-state index contributed by atoms with van der Waals surface area (Å²) in [7, 11) is -2.92. The van der Waals surface area contributed by atoms with E-state index in [0.29, 0.717) is 0 Å². The van der Waals surface area contributed by atoms with Crippen molar-refractivity contribution in [2.45, 2.75) is 19.9 Å². The predicted molar refractivity (Wildman–Crippen MR) is 64.0 cm³/mol. The predicted octanol–water partition coefficient (Wildman–Crippen LogP) is 1.84. The fourth-order valence-electron chi connectivity index (χ4n) is 1.50. The molecule has 1 atom stereocenters. The highest BCUT2D eigenvalue weighted by molar-refractivity contribution is 7.90. The number of sulfone groups is 1. The molecule has 1 unspecified atom stereocenters. The molecule has 0 spiro atoms. The van der Waals surface area contributed by atoms with E-state index in [9.17, 15) is 8.42 Å². The molecular weight excluding hydrogens is 210 g/mol. The first-order valence-corrected chi connectivity index (χ1v) is 6.94. The highest BCUT2D eigenvalue weighted by atomic mass is 32.2. The van der Waals surface area contributed by atoms with Gasteiger partial charge in [-0.3, -0.25) is 0 Å². The quantitative estimate of drug-likeness (QED) is 0.853. The van der Waals surface area contributed by atoms with Crippen LogP contribution in [0, 0.1) is 6.92 Å². The maximum absolute atomic E-state index is 11.1. The van der Waals surface area contributed by atoms with Crippen LogP contribution >= 0.6 is 0 Å². The molecule has 0 fully saturated rings. The molecule has 0 aliphatic rings. The molecule has 0 aromatic heterocycles. The van der Waals surface area contributed by atoms with E-state index in [4.69, 9.17) is 0 Å². The highest BCUT2D eigenvalue weighted by Gasteiger charge is 2.10. The lowest BCUT2D eigenvalue weighted by molar-refractivity contribution is 0.598. The molecule has 0 aliphatic carbocycles. The molecule has 0 saturated heterocycles. The van der Waals surface area contributed by atoms with Crippen molar-refractivity contribution < 1.29 is 8.42 Å². The third-order valence-corrected chi connectivity index (χ3v) is 3.21. The summed E-state index contributed by atoms with van der Waals surface area (Å²) >= 11 is 0. The van der Waals surface area contributed by atoms with Crippen molar-refractivity contribution in [2.75, 3.05) is 17.3 Å². The van der Waals surface area contributed by atoms with Gasteiger partial charge in [-0.1, -0.05) is 18.2 Å². The van der Waals surface area contributed by atoms with Gasteiger partial charge in [0.25, 0.3) is 0 Å². The van der Waals surface area contributed by atoms with E-state index in [1.165, 1.54) is 6.26 Å². The molecule has 0 amide bonds. The summed E-state index contributed by atoms with van der Waals surface area (Å²) in [6.45, 7) is 3.86. The highest BCUT2D eigenvalue weighted by Crippen LogP contribution is 2.14. The number of rotatable bonds is 4. The number of para-hydroxylation sites is 1. The van der Waals surface area contributed by atoms with Crippen LogP contribution < -0.4 is 5.32 Å². The van der Waals surface area contributed by atoms with Crippen LogP contribution in [0.1, 0.15) is 12.5 Å². The molecule has 1 aromatic carbocycles.